The number of halogens is 2. The van der Waals surface area contributed by atoms with E-state index in [0.717, 1.165) is 5.69 Å². The Labute approximate surface area is 124 Å². The Bertz CT molecular complexity index is 682. The molecule has 0 spiro atoms. The summed E-state index contributed by atoms with van der Waals surface area (Å²) in [4.78, 5) is 11.6. The Morgan fingerprint density at radius 2 is 2.20 bits per heavy atom. The number of H-pyrrole nitrogens is 1. The molecule has 0 aliphatic carbocycles. The lowest BCUT2D eigenvalue weighted by molar-refractivity contribution is 0.0950. The van der Waals surface area contributed by atoms with Crippen LogP contribution < -0.4 is 5.43 Å². The quantitative estimate of drug-likeness (QED) is 0.600. The van der Waals surface area contributed by atoms with Gasteiger partial charge in [-0.15, -0.1) is 0 Å². The van der Waals surface area contributed by atoms with Crippen LogP contribution in [0.25, 0.3) is 0 Å². The molecule has 0 saturated heterocycles. The van der Waals surface area contributed by atoms with Crippen molar-refractivity contribution >= 4 is 35.3 Å². The number of aromatic nitrogens is 2. The monoisotopic (exact) mass is 312 g/mol. The lowest BCUT2D eigenvalue weighted by Crippen LogP contribution is -2.18. The molecule has 0 unspecified atom stereocenters. The van der Waals surface area contributed by atoms with Crippen LogP contribution in [0.4, 0.5) is 0 Å². The number of aromatic amines is 1. The second kappa shape index (κ2) is 5.94. The van der Waals surface area contributed by atoms with Crippen LogP contribution in [0.1, 0.15) is 21.7 Å². The molecule has 1 heterocycles. The van der Waals surface area contributed by atoms with Crippen LogP contribution in [0.3, 0.4) is 0 Å². The van der Waals surface area contributed by atoms with Crippen LogP contribution in [-0.2, 0) is 0 Å². The number of nitrogens with one attached hydrogen (secondary N) is 2. The first-order chi connectivity index (χ1) is 9.47. The molecule has 1 amide bonds. The fourth-order valence-electron chi connectivity index (χ4n) is 1.44. The van der Waals surface area contributed by atoms with Gasteiger partial charge in [0.15, 0.2) is 5.69 Å². The highest BCUT2D eigenvalue weighted by Crippen LogP contribution is 2.29. The first-order valence-electron chi connectivity index (χ1n) is 5.51. The third kappa shape index (κ3) is 3.28. The number of phenols is 1. The van der Waals surface area contributed by atoms with Crippen molar-refractivity contribution in [2.45, 2.75) is 6.92 Å². The Hall–Kier alpha value is -2.05. The van der Waals surface area contributed by atoms with Crippen LogP contribution >= 0.6 is 23.2 Å². The van der Waals surface area contributed by atoms with Gasteiger partial charge in [-0.05, 0) is 25.1 Å². The van der Waals surface area contributed by atoms with Crippen molar-refractivity contribution in [3.63, 3.8) is 0 Å². The summed E-state index contributed by atoms with van der Waals surface area (Å²) in [6, 6.07) is 4.45. The van der Waals surface area contributed by atoms with Gasteiger partial charge < -0.3 is 5.11 Å². The molecule has 1 aromatic carbocycles. The predicted molar refractivity (Wildman–Crippen MR) is 76.5 cm³/mol. The fourth-order valence-corrected chi connectivity index (χ4v) is 1.95. The summed E-state index contributed by atoms with van der Waals surface area (Å²) >= 11 is 11.6. The van der Waals surface area contributed by atoms with Gasteiger partial charge >= 0.3 is 0 Å². The van der Waals surface area contributed by atoms with E-state index in [4.69, 9.17) is 23.2 Å². The minimum absolute atomic E-state index is 0.105. The maximum Gasteiger partial charge on any atom is 0.291 e. The first kappa shape index (κ1) is 14.4. The molecule has 0 saturated carbocycles. The van der Waals surface area contributed by atoms with Crippen LogP contribution in [0.5, 0.6) is 5.75 Å². The van der Waals surface area contributed by atoms with E-state index in [2.05, 4.69) is 20.7 Å². The molecule has 0 bridgehead atoms. The highest BCUT2D eigenvalue weighted by atomic mass is 35.5. The molecule has 0 aliphatic rings. The summed E-state index contributed by atoms with van der Waals surface area (Å²) < 4.78 is 0. The number of amides is 1. The van der Waals surface area contributed by atoms with Crippen molar-refractivity contribution in [1.29, 1.82) is 0 Å². The van der Waals surface area contributed by atoms with Gasteiger partial charge in [-0.3, -0.25) is 9.89 Å². The molecule has 0 aliphatic heterocycles. The second-order valence-electron chi connectivity index (χ2n) is 3.96. The molecule has 0 atom stereocenters. The highest BCUT2D eigenvalue weighted by Gasteiger charge is 2.08. The molecule has 0 fully saturated rings. The average molecular weight is 313 g/mol. The first-order valence-corrected chi connectivity index (χ1v) is 6.26. The van der Waals surface area contributed by atoms with E-state index >= 15 is 0 Å². The van der Waals surface area contributed by atoms with Gasteiger partial charge in [0, 0.05) is 16.3 Å². The van der Waals surface area contributed by atoms with Crippen LogP contribution in [-0.4, -0.2) is 27.4 Å². The van der Waals surface area contributed by atoms with E-state index in [1.165, 1.54) is 18.3 Å². The third-order valence-electron chi connectivity index (χ3n) is 2.37. The molecule has 0 radical (unpaired) electrons. The normalized spacial score (nSPS) is 10.9. The van der Waals surface area contributed by atoms with E-state index in [1.54, 1.807) is 13.0 Å². The molecule has 2 rings (SSSR count). The number of hydrazone groups is 1. The number of carbonyl (C=O) groups excluding carboxylic acids is 1. The Morgan fingerprint density at radius 3 is 2.85 bits per heavy atom. The second-order valence-corrected chi connectivity index (χ2v) is 4.80. The van der Waals surface area contributed by atoms with Crippen LogP contribution in [0.15, 0.2) is 23.3 Å². The Kier molecular flexibility index (Phi) is 4.26. The Morgan fingerprint density at radius 1 is 1.45 bits per heavy atom. The number of rotatable bonds is 3. The number of aryl methyl sites for hydroxylation is 1. The maximum atomic E-state index is 11.6. The lowest BCUT2D eigenvalue weighted by atomic mass is 10.2. The van der Waals surface area contributed by atoms with Gasteiger partial charge in [-0.25, -0.2) is 5.43 Å². The maximum absolute atomic E-state index is 11.6. The smallest absolute Gasteiger partial charge is 0.291 e. The van der Waals surface area contributed by atoms with Crippen molar-refractivity contribution in [1.82, 2.24) is 15.6 Å². The number of hydrogen-bond donors (Lipinski definition) is 3. The van der Waals surface area contributed by atoms with Crippen molar-refractivity contribution in [3.8, 4) is 5.75 Å². The van der Waals surface area contributed by atoms with Crippen molar-refractivity contribution in [3.05, 3.63) is 45.2 Å². The minimum atomic E-state index is -0.474. The van der Waals surface area contributed by atoms with E-state index in [9.17, 15) is 9.90 Å². The van der Waals surface area contributed by atoms with Crippen LogP contribution in [0, 0.1) is 6.92 Å². The van der Waals surface area contributed by atoms with Gasteiger partial charge in [0.05, 0.1) is 11.2 Å². The fraction of sp³-hybridized carbons (Fsp3) is 0.0833. The molecule has 8 heteroatoms. The number of carbonyl (C=O) groups is 1. The third-order valence-corrected chi connectivity index (χ3v) is 2.87. The molecule has 20 heavy (non-hydrogen) atoms. The largest absolute Gasteiger partial charge is 0.506 e. The topological polar surface area (TPSA) is 90.4 Å². The highest BCUT2D eigenvalue weighted by molar-refractivity contribution is 6.36. The lowest BCUT2D eigenvalue weighted by Gasteiger charge is -2.02. The van der Waals surface area contributed by atoms with Gasteiger partial charge in [0.1, 0.15) is 5.75 Å². The van der Waals surface area contributed by atoms with E-state index in [-0.39, 0.29) is 16.5 Å². The van der Waals surface area contributed by atoms with Gasteiger partial charge in [-0.1, -0.05) is 23.2 Å². The van der Waals surface area contributed by atoms with Crippen molar-refractivity contribution in [2.24, 2.45) is 5.10 Å². The summed E-state index contributed by atoms with van der Waals surface area (Å²) in [7, 11) is 0. The van der Waals surface area contributed by atoms with E-state index < -0.39 is 5.91 Å². The average Bonchev–Trinajstić information content (AvgIpc) is 2.81. The van der Waals surface area contributed by atoms with Crippen molar-refractivity contribution < 1.29 is 9.90 Å². The number of benzene rings is 1. The zero-order valence-electron chi connectivity index (χ0n) is 10.3. The minimum Gasteiger partial charge on any atom is -0.506 e. The van der Waals surface area contributed by atoms with Gasteiger partial charge in [-0.2, -0.15) is 10.2 Å². The standard InChI is InChI=1S/C12H10Cl2N4O2/c1-6-2-10(17-16-6)12(20)18-15-5-7-3-8(13)4-9(14)11(7)19/h2-5,19H,1H3,(H,16,17)(H,18,20)/b15-5-. The Balaban J connectivity index is 2.09. The van der Waals surface area contributed by atoms with Crippen LogP contribution in [0.2, 0.25) is 10.0 Å². The number of nitrogens with zero attached hydrogens (tertiary/aromatic N) is 2. The molecule has 3 N–H and O–H groups in total. The SMILES string of the molecule is Cc1cc(C(=O)N/N=C\c2cc(Cl)cc(Cl)c2O)n[nH]1. The molecule has 1 aromatic heterocycles. The van der Waals surface area contributed by atoms with E-state index in [1.807, 2.05) is 0 Å². The summed E-state index contributed by atoms with van der Waals surface area (Å²) in [5.41, 5.74) is 3.55. The number of phenolic OH excluding ortho intramolecular Hbond substituents is 1. The van der Waals surface area contributed by atoms with Gasteiger partial charge in [0.2, 0.25) is 0 Å². The van der Waals surface area contributed by atoms with Gasteiger partial charge in [0.25, 0.3) is 5.91 Å². The molecule has 104 valence electrons. The zero-order valence-corrected chi connectivity index (χ0v) is 11.8. The summed E-state index contributed by atoms with van der Waals surface area (Å²) in [5, 5.41) is 20.3. The zero-order chi connectivity index (χ0) is 14.7. The molecular weight excluding hydrogens is 303 g/mol. The number of aromatic hydroxyl groups is 1. The predicted octanol–water partition coefficient (Wildman–Crippen LogP) is 2.49. The summed E-state index contributed by atoms with van der Waals surface area (Å²) in [6.07, 6.45) is 1.24. The molecular formula is C12H10Cl2N4O2. The number of hydrogen-bond acceptors (Lipinski definition) is 4. The summed E-state index contributed by atoms with van der Waals surface area (Å²) in [5.74, 6) is -0.636. The van der Waals surface area contributed by atoms with E-state index in [0.29, 0.717) is 10.6 Å². The van der Waals surface area contributed by atoms with Crippen molar-refractivity contribution in [2.75, 3.05) is 0 Å². The summed E-state index contributed by atoms with van der Waals surface area (Å²) in [6.45, 7) is 1.78. The molecule has 6 nitrogen and oxygen atoms in total. The molecule has 2 aromatic rings.